The molecule has 6 heteroatoms. The summed E-state index contributed by atoms with van der Waals surface area (Å²) in [5, 5.41) is 10.1. The van der Waals surface area contributed by atoms with Crippen LogP contribution < -0.4 is 0 Å². The van der Waals surface area contributed by atoms with Crippen LogP contribution in [0.3, 0.4) is 0 Å². The molecule has 2 amide bonds. The van der Waals surface area contributed by atoms with E-state index in [-0.39, 0.29) is 0 Å². The van der Waals surface area contributed by atoms with Gasteiger partial charge in [0.2, 0.25) is 0 Å². The first-order valence-corrected chi connectivity index (χ1v) is 5.78. The normalized spacial score (nSPS) is 11.7. The van der Waals surface area contributed by atoms with Crippen LogP contribution in [0.2, 0.25) is 0 Å². The van der Waals surface area contributed by atoms with Gasteiger partial charge < -0.3 is 5.11 Å². The lowest BCUT2D eigenvalue weighted by Crippen LogP contribution is -2.48. The quantitative estimate of drug-likeness (QED) is 0.814. The summed E-state index contributed by atoms with van der Waals surface area (Å²) in [6, 6.07) is 8.44. The highest BCUT2D eigenvalue weighted by molar-refractivity contribution is 5.84. The molecule has 1 atom stereocenters. The van der Waals surface area contributed by atoms with Crippen molar-refractivity contribution in [2.24, 2.45) is 0 Å². The molecule has 0 radical (unpaired) electrons. The smallest absolute Gasteiger partial charge is 0.407 e. The molecule has 19 heavy (non-hydrogen) atoms. The fourth-order valence-electron chi connectivity index (χ4n) is 1.66. The molecule has 1 N–H and O–H groups in total. The summed E-state index contributed by atoms with van der Waals surface area (Å²) in [7, 11) is 4.19. The van der Waals surface area contributed by atoms with Crippen molar-refractivity contribution in [3.63, 3.8) is 0 Å². The van der Waals surface area contributed by atoms with E-state index in [0.29, 0.717) is 6.42 Å². The lowest BCUT2D eigenvalue weighted by Gasteiger charge is -2.27. The van der Waals surface area contributed by atoms with Gasteiger partial charge in [0.25, 0.3) is 5.91 Å². The zero-order chi connectivity index (χ0) is 14.4. The number of likely N-dealkylation sites (N-methyl/N-ethyl adjacent to an activating group) is 2. The number of carboxylic acid groups (broad SMARTS) is 1. The van der Waals surface area contributed by atoms with Crippen molar-refractivity contribution in [2.75, 3.05) is 21.2 Å². The molecule has 0 bridgehead atoms. The van der Waals surface area contributed by atoms with Gasteiger partial charge >= 0.3 is 6.09 Å². The van der Waals surface area contributed by atoms with E-state index in [0.717, 1.165) is 15.5 Å². The van der Waals surface area contributed by atoms with E-state index in [4.69, 9.17) is 9.94 Å². The molecule has 6 nitrogen and oxygen atoms in total. The van der Waals surface area contributed by atoms with Gasteiger partial charge in [0.15, 0.2) is 0 Å². The molecule has 0 aliphatic heterocycles. The Kier molecular flexibility index (Phi) is 5.32. The van der Waals surface area contributed by atoms with Crippen LogP contribution in [0.5, 0.6) is 0 Å². The maximum Gasteiger partial charge on any atom is 0.407 e. The monoisotopic (exact) mass is 266 g/mol. The predicted octanol–water partition coefficient (Wildman–Crippen LogP) is 1.23. The van der Waals surface area contributed by atoms with Crippen LogP contribution in [0.15, 0.2) is 30.3 Å². The van der Waals surface area contributed by atoms with Crippen molar-refractivity contribution in [3.8, 4) is 0 Å². The number of rotatable bonds is 5. The van der Waals surface area contributed by atoms with Gasteiger partial charge in [0.05, 0.1) is 7.11 Å². The van der Waals surface area contributed by atoms with E-state index in [1.807, 2.05) is 30.3 Å². The van der Waals surface area contributed by atoms with Crippen molar-refractivity contribution in [1.29, 1.82) is 0 Å². The Morgan fingerprint density at radius 2 is 1.84 bits per heavy atom. The molecule has 0 aliphatic rings. The summed E-state index contributed by atoms with van der Waals surface area (Å²) in [4.78, 5) is 29.0. The largest absolute Gasteiger partial charge is 0.465 e. The maximum atomic E-state index is 12.1. The minimum absolute atomic E-state index is 0.302. The van der Waals surface area contributed by atoms with E-state index < -0.39 is 18.0 Å². The van der Waals surface area contributed by atoms with Crippen molar-refractivity contribution < 1.29 is 19.5 Å². The highest BCUT2D eigenvalue weighted by atomic mass is 16.7. The fourth-order valence-corrected chi connectivity index (χ4v) is 1.66. The molecule has 1 aromatic carbocycles. The van der Waals surface area contributed by atoms with E-state index in [9.17, 15) is 9.59 Å². The molecule has 0 aliphatic carbocycles. The Bertz CT molecular complexity index is 436. The number of amides is 2. The maximum absolute atomic E-state index is 12.1. The average Bonchev–Trinajstić information content (AvgIpc) is 2.43. The van der Waals surface area contributed by atoms with Crippen molar-refractivity contribution >= 4 is 12.0 Å². The van der Waals surface area contributed by atoms with Gasteiger partial charge in [-0.1, -0.05) is 30.3 Å². The molecule has 1 rings (SSSR count). The molecule has 1 aromatic rings. The standard InChI is InChI=1S/C13H18N2O4/c1-14(13(17)18)11(12(16)15(2)19-3)9-10-7-5-4-6-8-10/h4-8,11H,9H2,1-3H3,(H,17,18). The second kappa shape index (κ2) is 6.75. The van der Waals surface area contributed by atoms with Gasteiger partial charge in [-0.3, -0.25) is 14.5 Å². The predicted molar refractivity (Wildman–Crippen MR) is 69.5 cm³/mol. The zero-order valence-electron chi connectivity index (χ0n) is 11.2. The first-order valence-electron chi connectivity index (χ1n) is 5.78. The Morgan fingerprint density at radius 3 is 2.32 bits per heavy atom. The first-order chi connectivity index (χ1) is 8.97. The average molecular weight is 266 g/mol. The van der Waals surface area contributed by atoms with Gasteiger partial charge in [0, 0.05) is 20.5 Å². The third kappa shape index (κ3) is 3.96. The number of hydrogen-bond acceptors (Lipinski definition) is 3. The molecular weight excluding hydrogens is 248 g/mol. The molecule has 0 saturated heterocycles. The van der Waals surface area contributed by atoms with Crippen molar-refractivity contribution in [1.82, 2.24) is 9.96 Å². The summed E-state index contributed by atoms with van der Waals surface area (Å²) < 4.78 is 0. The third-order valence-electron chi connectivity index (χ3n) is 2.91. The van der Waals surface area contributed by atoms with Crippen LogP contribution in [0, 0.1) is 0 Å². The molecule has 104 valence electrons. The van der Waals surface area contributed by atoms with Gasteiger partial charge in [-0.15, -0.1) is 0 Å². The fraction of sp³-hybridized carbons (Fsp3) is 0.385. The number of nitrogens with zero attached hydrogens (tertiary/aromatic N) is 2. The first kappa shape index (κ1) is 15.0. The number of hydrogen-bond donors (Lipinski definition) is 1. The summed E-state index contributed by atoms with van der Waals surface area (Å²) in [6.07, 6.45) is -0.852. The Labute approximate surface area is 112 Å². The van der Waals surface area contributed by atoms with Crippen LogP contribution >= 0.6 is 0 Å². The molecule has 0 spiro atoms. The van der Waals surface area contributed by atoms with E-state index in [2.05, 4.69) is 0 Å². The minimum atomic E-state index is -1.15. The number of benzene rings is 1. The summed E-state index contributed by atoms with van der Waals surface area (Å²) in [6.45, 7) is 0. The lowest BCUT2D eigenvalue weighted by atomic mass is 10.0. The van der Waals surface area contributed by atoms with Gasteiger partial charge in [0.1, 0.15) is 6.04 Å². The Hall–Kier alpha value is -2.08. The van der Waals surface area contributed by atoms with Gasteiger partial charge in [-0.2, -0.15) is 0 Å². The molecule has 0 aromatic heterocycles. The van der Waals surface area contributed by atoms with Crippen LogP contribution in [0.1, 0.15) is 5.56 Å². The Balaban J connectivity index is 2.93. The Morgan fingerprint density at radius 1 is 1.26 bits per heavy atom. The number of carbonyl (C=O) groups excluding carboxylic acids is 1. The second-order valence-electron chi connectivity index (χ2n) is 4.12. The highest BCUT2D eigenvalue weighted by Gasteiger charge is 2.29. The van der Waals surface area contributed by atoms with E-state index >= 15 is 0 Å². The summed E-state index contributed by atoms with van der Waals surface area (Å²) >= 11 is 0. The number of carbonyl (C=O) groups is 2. The zero-order valence-corrected chi connectivity index (χ0v) is 11.2. The second-order valence-corrected chi connectivity index (χ2v) is 4.12. The highest BCUT2D eigenvalue weighted by Crippen LogP contribution is 2.10. The number of hydroxylamine groups is 2. The molecular formula is C13H18N2O4. The van der Waals surface area contributed by atoms with E-state index in [1.54, 1.807) is 0 Å². The molecule has 0 fully saturated rings. The van der Waals surface area contributed by atoms with Crippen molar-refractivity contribution in [3.05, 3.63) is 35.9 Å². The summed E-state index contributed by atoms with van der Waals surface area (Å²) in [5.41, 5.74) is 0.887. The molecule has 0 heterocycles. The van der Waals surface area contributed by atoms with Crippen LogP contribution in [0.4, 0.5) is 4.79 Å². The minimum Gasteiger partial charge on any atom is -0.465 e. The third-order valence-corrected chi connectivity index (χ3v) is 2.91. The van der Waals surface area contributed by atoms with Gasteiger partial charge in [-0.05, 0) is 5.56 Å². The van der Waals surface area contributed by atoms with Crippen molar-refractivity contribution in [2.45, 2.75) is 12.5 Å². The van der Waals surface area contributed by atoms with Crippen LogP contribution in [0.25, 0.3) is 0 Å². The van der Waals surface area contributed by atoms with E-state index in [1.165, 1.54) is 21.2 Å². The topological polar surface area (TPSA) is 70.1 Å². The SMILES string of the molecule is CON(C)C(=O)C(Cc1ccccc1)N(C)C(=O)O. The summed E-state index contributed by atoms with van der Waals surface area (Å²) in [5.74, 6) is -0.406. The van der Waals surface area contributed by atoms with Crippen LogP contribution in [-0.4, -0.2) is 54.3 Å². The van der Waals surface area contributed by atoms with Gasteiger partial charge in [-0.25, -0.2) is 9.86 Å². The molecule has 0 saturated carbocycles. The van der Waals surface area contributed by atoms with Crippen LogP contribution in [-0.2, 0) is 16.1 Å². The lowest BCUT2D eigenvalue weighted by molar-refractivity contribution is -0.173. The molecule has 1 unspecified atom stereocenters.